The number of aryl methyl sites for hydroxylation is 1. The first-order chi connectivity index (χ1) is 5.36. The molecule has 0 aliphatic heterocycles. The predicted molar refractivity (Wildman–Crippen MR) is 43.3 cm³/mol. The van der Waals surface area contributed by atoms with Crippen molar-refractivity contribution in [1.29, 1.82) is 0 Å². The first kappa shape index (κ1) is 8.49. The van der Waals surface area contributed by atoms with E-state index >= 15 is 0 Å². The van der Waals surface area contributed by atoms with Gasteiger partial charge in [-0.15, -0.1) is 16.7 Å². The number of alkyl halides is 1. The summed E-state index contributed by atoms with van der Waals surface area (Å²) in [5.74, 6) is 0.419. The highest BCUT2D eigenvalue weighted by atomic mass is 35.5. The summed E-state index contributed by atoms with van der Waals surface area (Å²) in [7, 11) is 0. The highest BCUT2D eigenvalue weighted by molar-refractivity contribution is 6.16. The van der Waals surface area contributed by atoms with Gasteiger partial charge in [0, 0.05) is 12.7 Å². The lowest BCUT2D eigenvalue weighted by Gasteiger charge is -1.94. The van der Waals surface area contributed by atoms with Gasteiger partial charge >= 0.3 is 0 Å². The second-order valence-electron chi connectivity index (χ2n) is 2.25. The van der Waals surface area contributed by atoms with Crippen molar-refractivity contribution in [3.8, 4) is 0 Å². The Morgan fingerprint density at radius 1 is 1.64 bits per heavy atom. The zero-order valence-corrected chi connectivity index (χ0v) is 6.96. The van der Waals surface area contributed by atoms with Gasteiger partial charge in [0.1, 0.15) is 0 Å². The van der Waals surface area contributed by atoms with E-state index in [0.29, 0.717) is 12.4 Å². The maximum atomic E-state index is 5.53. The third kappa shape index (κ3) is 2.48. The second kappa shape index (κ2) is 4.31. The minimum Gasteiger partial charge on any atom is -0.330 e. The Kier molecular flexibility index (Phi) is 3.32. The molecule has 1 aromatic rings. The van der Waals surface area contributed by atoms with E-state index < -0.39 is 0 Å². The molecule has 0 radical (unpaired) electrons. The zero-order valence-electron chi connectivity index (χ0n) is 6.20. The molecule has 5 heteroatoms. The second-order valence-corrected chi connectivity index (χ2v) is 2.52. The van der Waals surface area contributed by atoms with E-state index in [0.717, 1.165) is 18.7 Å². The molecule has 1 aromatic heterocycles. The lowest BCUT2D eigenvalue weighted by atomic mass is 10.4. The number of nitrogens with zero attached hydrogens (tertiary/aromatic N) is 3. The minimum absolute atomic E-state index is 0.419. The molecule has 2 N–H and O–H groups in total. The summed E-state index contributed by atoms with van der Waals surface area (Å²) in [6.45, 7) is 1.50. The average Bonchev–Trinajstić information content (AvgIpc) is 2.48. The van der Waals surface area contributed by atoms with E-state index in [2.05, 4.69) is 10.3 Å². The van der Waals surface area contributed by atoms with E-state index in [4.69, 9.17) is 17.3 Å². The maximum absolute atomic E-state index is 5.53. The van der Waals surface area contributed by atoms with Crippen LogP contribution in [0.5, 0.6) is 0 Å². The quantitative estimate of drug-likeness (QED) is 0.671. The molecule has 0 saturated carbocycles. The Balaban J connectivity index is 2.44. The lowest BCUT2D eigenvalue weighted by molar-refractivity contribution is 0.564. The van der Waals surface area contributed by atoms with Crippen LogP contribution in [0.25, 0.3) is 0 Å². The van der Waals surface area contributed by atoms with Gasteiger partial charge in [0.25, 0.3) is 0 Å². The molecule has 0 spiro atoms. The van der Waals surface area contributed by atoms with Crippen LogP contribution in [0.3, 0.4) is 0 Å². The van der Waals surface area contributed by atoms with Crippen LogP contribution in [-0.4, -0.2) is 21.5 Å². The Bertz CT molecular complexity index is 210. The Morgan fingerprint density at radius 3 is 3.00 bits per heavy atom. The standard InChI is InChI=1S/C6H11ClN4/c7-4-6-5-11(10-9-6)3-1-2-8/h5H,1-4,8H2. The van der Waals surface area contributed by atoms with Crippen molar-refractivity contribution in [1.82, 2.24) is 15.0 Å². The minimum atomic E-state index is 0.419. The Morgan fingerprint density at radius 2 is 2.45 bits per heavy atom. The summed E-state index contributed by atoms with van der Waals surface area (Å²) in [4.78, 5) is 0. The number of halogens is 1. The molecule has 0 aliphatic rings. The molecule has 0 aromatic carbocycles. The third-order valence-electron chi connectivity index (χ3n) is 1.31. The Labute approximate surface area is 70.3 Å². The molecule has 62 valence electrons. The van der Waals surface area contributed by atoms with Crippen LogP contribution in [0.4, 0.5) is 0 Å². The van der Waals surface area contributed by atoms with Crippen molar-refractivity contribution in [3.63, 3.8) is 0 Å². The van der Waals surface area contributed by atoms with Crippen LogP contribution in [0, 0.1) is 0 Å². The molecule has 0 bridgehead atoms. The van der Waals surface area contributed by atoms with Crippen LogP contribution in [-0.2, 0) is 12.4 Å². The zero-order chi connectivity index (χ0) is 8.10. The molecule has 0 saturated heterocycles. The van der Waals surface area contributed by atoms with Crippen molar-refractivity contribution in [2.75, 3.05) is 6.54 Å². The number of nitrogens with two attached hydrogens (primary N) is 1. The first-order valence-corrected chi connectivity index (χ1v) is 4.05. The molecule has 1 rings (SSSR count). The molecule has 0 atom stereocenters. The number of aromatic nitrogens is 3. The summed E-state index contributed by atoms with van der Waals surface area (Å²) in [6, 6.07) is 0. The summed E-state index contributed by atoms with van der Waals surface area (Å²) >= 11 is 5.53. The van der Waals surface area contributed by atoms with Crippen molar-refractivity contribution in [2.24, 2.45) is 5.73 Å². The fourth-order valence-electron chi connectivity index (χ4n) is 0.762. The summed E-state index contributed by atoms with van der Waals surface area (Å²) in [5.41, 5.74) is 6.14. The first-order valence-electron chi connectivity index (χ1n) is 3.52. The summed E-state index contributed by atoms with van der Waals surface area (Å²) in [5, 5.41) is 7.68. The highest BCUT2D eigenvalue weighted by Gasteiger charge is 1.96. The van der Waals surface area contributed by atoms with Crippen LogP contribution in [0.2, 0.25) is 0 Å². The van der Waals surface area contributed by atoms with E-state index in [-0.39, 0.29) is 0 Å². The SMILES string of the molecule is NCCCn1cc(CCl)nn1. The molecule has 0 fully saturated rings. The lowest BCUT2D eigenvalue weighted by Crippen LogP contribution is -2.06. The summed E-state index contributed by atoms with van der Waals surface area (Å²) in [6.07, 6.45) is 2.76. The molecule has 0 unspecified atom stereocenters. The highest BCUT2D eigenvalue weighted by Crippen LogP contribution is 1.97. The summed E-state index contributed by atoms with van der Waals surface area (Å²) < 4.78 is 1.75. The fraction of sp³-hybridized carbons (Fsp3) is 0.667. The van der Waals surface area contributed by atoms with Gasteiger partial charge in [-0.25, -0.2) is 0 Å². The monoisotopic (exact) mass is 174 g/mol. The van der Waals surface area contributed by atoms with E-state index in [1.165, 1.54) is 0 Å². The van der Waals surface area contributed by atoms with Crippen LogP contribution in [0.1, 0.15) is 12.1 Å². The smallest absolute Gasteiger partial charge is 0.0974 e. The molecule has 0 aliphatic carbocycles. The van der Waals surface area contributed by atoms with E-state index in [9.17, 15) is 0 Å². The van der Waals surface area contributed by atoms with Crippen molar-refractivity contribution in [3.05, 3.63) is 11.9 Å². The molecular weight excluding hydrogens is 164 g/mol. The van der Waals surface area contributed by atoms with Gasteiger partial charge in [-0.05, 0) is 13.0 Å². The molecule has 1 heterocycles. The normalized spacial score (nSPS) is 10.4. The van der Waals surface area contributed by atoms with Gasteiger partial charge in [0.2, 0.25) is 0 Å². The Hall–Kier alpha value is -0.610. The van der Waals surface area contributed by atoms with Crippen molar-refractivity contribution >= 4 is 11.6 Å². The average molecular weight is 175 g/mol. The van der Waals surface area contributed by atoms with Gasteiger partial charge < -0.3 is 5.73 Å². The van der Waals surface area contributed by atoms with Gasteiger partial charge in [0.05, 0.1) is 11.6 Å². The molecular formula is C6H11ClN4. The van der Waals surface area contributed by atoms with E-state index in [1.807, 2.05) is 6.20 Å². The fourth-order valence-corrected chi connectivity index (χ4v) is 0.885. The van der Waals surface area contributed by atoms with Crippen LogP contribution in [0.15, 0.2) is 6.20 Å². The van der Waals surface area contributed by atoms with Crippen LogP contribution >= 0.6 is 11.6 Å². The predicted octanol–water partition coefficient (Wildman–Crippen LogP) is 0.366. The number of rotatable bonds is 4. The van der Waals surface area contributed by atoms with Crippen molar-refractivity contribution < 1.29 is 0 Å². The number of hydrogen-bond donors (Lipinski definition) is 1. The van der Waals surface area contributed by atoms with E-state index in [1.54, 1.807) is 4.68 Å². The number of hydrogen-bond acceptors (Lipinski definition) is 3. The third-order valence-corrected chi connectivity index (χ3v) is 1.59. The maximum Gasteiger partial charge on any atom is 0.0974 e. The largest absolute Gasteiger partial charge is 0.330 e. The molecule has 11 heavy (non-hydrogen) atoms. The van der Waals surface area contributed by atoms with Gasteiger partial charge in [-0.3, -0.25) is 4.68 Å². The van der Waals surface area contributed by atoms with Crippen molar-refractivity contribution in [2.45, 2.75) is 18.8 Å². The van der Waals surface area contributed by atoms with Gasteiger partial charge in [0.15, 0.2) is 0 Å². The van der Waals surface area contributed by atoms with Gasteiger partial charge in [-0.1, -0.05) is 5.21 Å². The topological polar surface area (TPSA) is 56.7 Å². The van der Waals surface area contributed by atoms with Crippen LogP contribution < -0.4 is 5.73 Å². The molecule has 0 amide bonds. The van der Waals surface area contributed by atoms with Gasteiger partial charge in [-0.2, -0.15) is 0 Å². The molecule has 4 nitrogen and oxygen atoms in total.